The van der Waals surface area contributed by atoms with Crippen LogP contribution in [0.4, 0.5) is 5.69 Å². The summed E-state index contributed by atoms with van der Waals surface area (Å²) < 4.78 is 1.63. The molecule has 0 bridgehead atoms. The average Bonchev–Trinajstić information content (AvgIpc) is 2.99. The van der Waals surface area contributed by atoms with E-state index in [1.807, 2.05) is 84.9 Å². The second-order valence-electron chi connectivity index (χ2n) is 6.54. The Kier molecular flexibility index (Phi) is 4.72. The van der Waals surface area contributed by atoms with Gasteiger partial charge in [-0.15, -0.1) is 10.2 Å². The number of benzene rings is 3. The first-order chi connectivity index (χ1) is 13.7. The van der Waals surface area contributed by atoms with Gasteiger partial charge in [0.1, 0.15) is 0 Å². The van der Waals surface area contributed by atoms with Crippen LogP contribution in [0.1, 0.15) is 17.0 Å². The highest BCUT2D eigenvalue weighted by Gasteiger charge is 2.23. The van der Waals surface area contributed by atoms with E-state index in [9.17, 15) is 9.90 Å². The van der Waals surface area contributed by atoms with Crippen LogP contribution in [-0.2, 0) is 11.8 Å². The molecule has 1 heterocycles. The molecule has 138 valence electrons. The smallest absolute Gasteiger partial charge is 0.276 e. The van der Waals surface area contributed by atoms with Gasteiger partial charge in [-0.1, -0.05) is 78.9 Å². The Morgan fingerprint density at radius 1 is 0.857 bits per heavy atom. The molecule has 0 saturated heterocycles. The topological polar surface area (TPSA) is 66.9 Å². The van der Waals surface area contributed by atoms with Gasteiger partial charge in [-0.2, -0.15) is 0 Å². The van der Waals surface area contributed by atoms with Crippen molar-refractivity contribution < 1.29 is 9.90 Å². The first-order valence-electron chi connectivity index (χ1n) is 8.98. The molecule has 3 aromatic carbocycles. The minimum absolute atomic E-state index is 0.0197. The van der Waals surface area contributed by atoms with E-state index in [0.29, 0.717) is 5.69 Å². The number of aromatic hydroxyl groups is 1. The maximum atomic E-state index is 13.0. The highest BCUT2D eigenvalue weighted by Crippen LogP contribution is 2.38. The number of para-hydroxylation sites is 1. The summed E-state index contributed by atoms with van der Waals surface area (Å²) in [6, 6.07) is 26.5. The van der Waals surface area contributed by atoms with E-state index in [-0.39, 0.29) is 11.8 Å². The quantitative estimate of drug-likeness (QED) is 0.494. The summed E-state index contributed by atoms with van der Waals surface area (Å²) in [7, 11) is 1.75. The average molecular weight is 369 g/mol. The Hall–Kier alpha value is -3.73. The SMILES string of the molecule is Cn1c(O)c(N=NC(=O)C(c2ccccc2)c2ccccc2)c2ccccc21. The maximum Gasteiger partial charge on any atom is 0.276 e. The van der Waals surface area contributed by atoms with Crippen LogP contribution in [0.2, 0.25) is 0 Å². The number of nitrogens with zero attached hydrogens (tertiary/aromatic N) is 3. The van der Waals surface area contributed by atoms with E-state index in [4.69, 9.17) is 0 Å². The van der Waals surface area contributed by atoms with Gasteiger partial charge in [0.15, 0.2) is 5.69 Å². The Morgan fingerprint density at radius 2 is 1.39 bits per heavy atom. The number of carbonyl (C=O) groups excluding carboxylic acids is 1. The standard InChI is InChI=1S/C23H19N3O2/c1-26-19-15-9-8-14-18(19)21(23(26)28)24-25-22(27)20(16-10-4-2-5-11-16)17-12-6-3-7-13-17/h2-15,20,28H,1H3. The van der Waals surface area contributed by atoms with Crippen LogP contribution in [-0.4, -0.2) is 15.6 Å². The van der Waals surface area contributed by atoms with E-state index in [1.54, 1.807) is 11.6 Å². The first kappa shape index (κ1) is 17.7. The number of rotatable bonds is 4. The molecule has 0 fully saturated rings. The van der Waals surface area contributed by atoms with Crippen LogP contribution >= 0.6 is 0 Å². The molecule has 0 atom stereocenters. The zero-order valence-electron chi connectivity index (χ0n) is 15.4. The number of carbonyl (C=O) groups is 1. The van der Waals surface area contributed by atoms with Gasteiger partial charge in [0.25, 0.3) is 5.91 Å². The molecule has 4 rings (SSSR count). The van der Waals surface area contributed by atoms with Crippen molar-refractivity contribution >= 4 is 22.5 Å². The van der Waals surface area contributed by atoms with Gasteiger partial charge in [-0.05, 0) is 17.2 Å². The summed E-state index contributed by atoms with van der Waals surface area (Å²) >= 11 is 0. The molecule has 1 aromatic heterocycles. The lowest BCUT2D eigenvalue weighted by atomic mass is 9.91. The van der Waals surface area contributed by atoms with Crippen molar-refractivity contribution in [3.63, 3.8) is 0 Å². The van der Waals surface area contributed by atoms with Crippen molar-refractivity contribution in [3.8, 4) is 5.88 Å². The molecule has 0 aliphatic carbocycles. The third kappa shape index (κ3) is 3.18. The van der Waals surface area contributed by atoms with Crippen molar-refractivity contribution in [2.24, 2.45) is 17.3 Å². The molecule has 1 N–H and O–H groups in total. The number of azo groups is 1. The predicted octanol–water partition coefficient (Wildman–Crippen LogP) is 5.33. The molecule has 0 aliphatic rings. The zero-order valence-corrected chi connectivity index (χ0v) is 15.4. The summed E-state index contributed by atoms with van der Waals surface area (Å²) in [6.45, 7) is 0. The largest absolute Gasteiger partial charge is 0.493 e. The predicted molar refractivity (Wildman–Crippen MR) is 109 cm³/mol. The maximum absolute atomic E-state index is 13.0. The Balaban J connectivity index is 1.74. The molecule has 0 spiro atoms. The highest BCUT2D eigenvalue weighted by atomic mass is 16.3. The minimum atomic E-state index is -0.553. The fraction of sp³-hybridized carbons (Fsp3) is 0.0870. The number of amides is 1. The molecule has 0 unspecified atom stereocenters. The van der Waals surface area contributed by atoms with E-state index in [0.717, 1.165) is 22.0 Å². The molecule has 0 aliphatic heterocycles. The normalized spacial score (nSPS) is 11.5. The Labute approximate surface area is 162 Å². The molecule has 0 saturated carbocycles. The summed E-state index contributed by atoms with van der Waals surface area (Å²) in [5.41, 5.74) is 2.81. The van der Waals surface area contributed by atoms with Crippen LogP contribution in [0.15, 0.2) is 95.2 Å². The number of fused-ring (bicyclic) bond motifs is 1. The molecule has 1 amide bonds. The van der Waals surface area contributed by atoms with Crippen LogP contribution in [0.25, 0.3) is 10.9 Å². The van der Waals surface area contributed by atoms with Gasteiger partial charge in [0.2, 0.25) is 5.88 Å². The summed E-state index contributed by atoms with van der Waals surface area (Å²) in [5.74, 6) is -0.957. The van der Waals surface area contributed by atoms with Crippen molar-refractivity contribution in [1.82, 2.24) is 4.57 Å². The van der Waals surface area contributed by atoms with Crippen molar-refractivity contribution in [1.29, 1.82) is 0 Å². The summed E-state index contributed by atoms with van der Waals surface area (Å²) in [4.78, 5) is 13.0. The molecule has 4 aromatic rings. The van der Waals surface area contributed by atoms with Crippen LogP contribution in [0, 0.1) is 0 Å². The van der Waals surface area contributed by atoms with Crippen LogP contribution in [0.3, 0.4) is 0 Å². The van der Waals surface area contributed by atoms with Crippen LogP contribution < -0.4 is 0 Å². The van der Waals surface area contributed by atoms with Gasteiger partial charge < -0.3 is 9.67 Å². The van der Waals surface area contributed by atoms with Gasteiger partial charge in [-0.3, -0.25) is 4.79 Å². The lowest BCUT2D eigenvalue weighted by Gasteiger charge is -2.13. The van der Waals surface area contributed by atoms with E-state index in [1.165, 1.54) is 0 Å². The monoisotopic (exact) mass is 369 g/mol. The molecule has 5 nitrogen and oxygen atoms in total. The van der Waals surface area contributed by atoms with Gasteiger partial charge in [-0.25, -0.2) is 0 Å². The second-order valence-corrected chi connectivity index (χ2v) is 6.54. The fourth-order valence-corrected chi connectivity index (χ4v) is 3.38. The summed E-state index contributed by atoms with van der Waals surface area (Å²) in [6.07, 6.45) is 0. The lowest BCUT2D eigenvalue weighted by Crippen LogP contribution is -2.11. The minimum Gasteiger partial charge on any atom is -0.493 e. The third-order valence-electron chi connectivity index (χ3n) is 4.81. The van der Waals surface area contributed by atoms with Gasteiger partial charge in [0.05, 0.1) is 11.4 Å². The number of hydrogen-bond donors (Lipinski definition) is 1. The zero-order chi connectivity index (χ0) is 19.5. The molecular formula is C23H19N3O2. The second kappa shape index (κ2) is 7.48. The van der Waals surface area contributed by atoms with Crippen LogP contribution in [0.5, 0.6) is 5.88 Å². The van der Waals surface area contributed by atoms with Crippen molar-refractivity contribution in [3.05, 3.63) is 96.1 Å². The number of hydrogen-bond acceptors (Lipinski definition) is 3. The molecule has 28 heavy (non-hydrogen) atoms. The number of aryl methyl sites for hydroxylation is 1. The van der Waals surface area contributed by atoms with E-state index < -0.39 is 5.92 Å². The molecule has 5 heteroatoms. The van der Waals surface area contributed by atoms with E-state index in [2.05, 4.69) is 10.2 Å². The number of aromatic nitrogens is 1. The first-order valence-corrected chi connectivity index (χ1v) is 8.98. The Morgan fingerprint density at radius 3 is 2.00 bits per heavy atom. The Bertz CT molecular complexity index is 1110. The highest BCUT2D eigenvalue weighted by molar-refractivity contribution is 5.95. The summed E-state index contributed by atoms with van der Waals surface area (Å²) in [5, 5.41) is 19.3. The fourth-order valence-electron chi connectivity index (χ4n) is 3.38. The lowest BCUT2D eigenvalue weighted by molar-refractivity contribution is -0.118. The van der Waals surface area contributed by atoms with E-state index >= 15 is 0 Å². The van der Waals surface area contributed by atoms with Gasteiger partial charge in [0, 0.05) is 12.4 Å². The van der Waals surface area contributed by atoms with Crippen molar-refractivity contribution in [2.45, 2.75) is 5.92 Å². The third-order valence-corrected chi connectivity index (χ3v) is 4.81. The van der Waals surface area contributed by atoms with Gasteiger partial charge >= 0.3 is 0 Å². The molecule has 0 radical (unpaired) electrons. The molecular weight excluding hydrogens is 350 g/mol. The van der Waals surface area contributed by atoms with Crippen molar-refractivity contribution in [2.75, 3.05) is 0 Å².